The first-order chi connectivity index (χ1) is 16.8. The zero-order valence-electron chi connectivity index (χ0n) is 18.6. The van der Waals surface area contributed by atoms with Crippen LogP contribution in [0.3, 0.4) is 0 Å². The van der Waals surface area contributed by atoms with Gasteiger partial charge in [0.1, 0.15) is 18.9 Å². The van der Waals surface area contributed by atoms with Gasteiger partial charge in [0.2, 0.25) is 5.95 Å². The smallest absolute Gasteiger partial charge is 0.393 e. The maximum Gasteiger partial charge on any atom is 0.490 e. The Morgan fingerprint density at radius 2 is 1.89 bits per heavy atom. The zero-order valence-corrected chi connectivity index (χ0v) is 21.3. The molecule has 2 aromatic rings. The number of aromatic nitrogens is 4. The highest BCUT2D eigenvalue weighted by Gasteiger charge is 2.47. The minimum atomic E-state index is -5.92. The van der Waals surface area contributed by atoms with Crippen molar-refractivity contribution < 1.29 is 65.8 Å². The third-order valence-electron chi connectivity index (χ3n) is 4.13. The number of aromatic amines is 1. The molecule has 2 heterocycles. The minimum absolute atomic E-state index is 0.207. The zero-order chi connectivity index (χ0) is 28.4. The maximum atomic E-state index is 15.8. The molecular weight excluding hydrogens is 574 g/mol. The Morgan fingerprint density at radius 1 is 1.27 bits per heavy atom. The van der Waals surface area contributed by atoms with Crippen LogP contribution in [0, 0.1) is 0 Å². The summed E-state index contributed by atoms with van der Waals surface area (Å²) in [5.41, 5.74) is 4.66. The molecule has 0 aromatic carbocycles. The molecule has 19 nitrogen and oxygen atoms in total. The standard InChI is InChI=1S/C14H23FN5O14P3/c1-7(2)3-9(20-6-17-10-11(20)18-13(16)19-12(10)23)32-14(15,8(22)4-21)5-31-36(27,28)34-37(29,30)33-35(24,25)26/h6,8-9,21-22H,1,3-5H2,2H3,(H,27,28)(H,29,30)(H2,24,25,26)(H3,16,18,19,23)/t8-,9+,14+/m0/s1. The van der Waals surface area contributed by atoms with Gasteiger partial charge < -0.3 is 40.3 Å². The van der Waals surface area contributed by atoms with Crippen molar-refractivity contribution in [3.05, 3.63) is 28.8 Å². The molecule has 0 spiro atoms. The molecule has 23 heteroatoms. The van der Waals surface area contributed by atoms with Gasteiger partial charge in [0, 0.05) is 6.42 Å². The van der Waals surface area contributed by atoms with E-state index in [1.165, 1.54) is 6.92 Å². The van der Waals surface area contributed by atoms with E-state index in [9.17, 15) is 38.5 Å². The molecule has 0 bridgehead atoms. The summed E-state index contributed by atoms with van der Waals surface area (Å²) in [7, 11) is -17.4. The lowest BCUT2D eigenvalue weighted by Gasteiger charge is -2.34. The molecule has 0 fully saturated rings. The van der Waals surface area contributed by atoms with Crippen molar-refractivity contribution in [2.24, 2.45) is 0 Å². The third-order valence-corrected chi connectivity index (χ3v) is 7.91. The van der Waals surface area contributed by atoms with E-state index >= 15 is 4.39 Å². The van der Waals surface area contributed by atoms with Crippen molar-refractivity contribution in [2.75, 3.05) is 18.9 Å². The molecule has 0 amide bonds. The van der Waals surface area contributed by atoms with Gasteiger partial charge in [-0.1, -0.05) is 12.2 Å². The van der Waals surface area contributed by atoms with E-state index in [0.717, 1.165) is 10.9 Å². The molecule has 37 heavy (non-hydrogen) atoms. The number of halogens is 1. The van der Waals surface area contributed by atoms with Crippen LogP contribution in [0.4, 0.5) is 10.3 Å². The normalized spacial score (nSPS) is 19.0. The summed E-state index contributed by atoms with van der Waals surface area (Å²) in [6, 6.07) is 0. The molecule has 2 rings (SSSR count). The molecule has 2 unspecified atom stereocenters. The van der Waals surface area contributed by atoms with Crippen LogP contribution < -0.4 is 11.3 Å². The molecule has 9 N–H and O–H groups in total. The highest BCUT2D eigenvalue weighted by molar-refractivity contribution is 7.66. The summed E-state index contributed by atoms with van der Waals surface area (Å²) < 4.78 is 67.4. The predicted molar refractivity (Wildman–Crippen MR) is 119 cm³/mol. The van der Waals surface area contributed by atoms with Crippen molar-refractivity contribution in [2.45, 2.75) is 31.5 Å². The van der Waals surface area contributed by atoms with Crippen LogP contribution in [0.5, 0.6) is 0 Å². The number of nitrogens with two attached hydrogens (primary N) is 1. The summed E-state index contributed by atoms with van der Waals surface area (Å²) in [6.07, 6.45) is -3.30. The Morgan fingerprint density at radius 3 is 2.43 bits per heavy atom. The Labute approximate surface area is 205 Å². The van der Waals surface area contributed by atoms with Gasteiger partial charge in [-0.25, -0.2) is 23.1 Å². The second-order valence-electron chi connectivity index (χ2n) is 7.36. The average Bonchev–Trinajstić information content (AvgIpc) is 3.12. The van der Waals surface area contributed by atoms with Crippen molar-refractivity contribution in [1.82, 2.24) is 19.5 Å². The summed E-state index contributed by atoms with van der Waals surface area (Å²) in [5.74, 6) is -3.92. The molecular formula is C14H23FN5O14P3. The average molecular weight is 597 g/mol. The predicted octanol–water partition coefficient (Wildman–Crippen LogP) is -0.455. The lowest BCUT2D eigenvalue weighted by atomic mass is 10.1. The number of imidazole rings is 1. The molecule has 210 valence electrons. The van der Waals surface area contributed by atoms with Crippen molar-refractivity contribution in [3.63, 3.8) is 0 Å². The van der Waals surface area contributed by atoms with Crippen molar-refractivity contribution in [3.8, 4) is 0 Å². The summed E-state index contributed by atoms with van der Waals surface area (Å²) in [6.45, 7) is 2.01. The van der Waals surface area contributed by atoms with E-state index in [0.29, 0.717) is 5.57 Å². The molecule has 0 aliphatic rings. The van der Waals surface area contributed by atoms with Crippen LogP contribution in [-0.2, 0) is 31.6 Å². The number of nitrogens with one attached hydrogen (secondary N) is 1. The second kappa shape index (κ2) is 11.5. The molecule has 0 aliphatic carbocycles. The molecule has 0 radical (unpaired) electrons. The number of ether oxygens (including phenoxy) is 1. The molecule has 0 saturated heterocycles. The highest BCUT2D eigenvalue weighted by Crippen LogP contribution is 2.66. The number of nitrogens with zero attached hydrogens (tertiary/aromatic N) is 3. The first-order valence-corrected chi connectivity index (χ1v) is 14.1. The first kappa shape index (κ1) is 31.3. The van der Waals surface area contributed by atoms with Gasteiger partial charge in [-0.15, -0.1) is 0 Å². The van der Waals surface area contributed by atoms with Gasteiger partial charge in [-0.2, -0.15) is 13.6 Å². The molecule has 0 aliphatic heterocycles. The lowest BCUT2D eigenvalue weighted by Crippen LogP contribution is -2.48. The fraction of sp³-hybridized carbons (Fsp3) is 0.500. The van der Waals surface area contributed by atoms with Crippen LogP contribution in [0.15, 0.2) is 23.3 Å². The number of fused-ring (bicyclic) bond motifs is 1. The summed E-state index contributed by atoms with van der Waals surface area (Å²) in [4.78, 5) is 57.9. The van der Waals surface area contributed by atoms with Gasteiger partial charge in [-0.3, -0.25) is 18.9 Å². The number of H-pyrrole nitrogens is 1. The monoisotopic (exact) mass is 597 g/mol. The minimum Gasteiger partial charge on any atom is -0.393 e. The number of aliphatic hydroxyl groups is 2. The quantitative estimate of drug-likeness (QED) is 0.101. The third kappa shape index (κ3) is 8.83. The van der Waals surface area contributed by atoms with Crippen LogP contribution in [0.1, 0.15) is 19.6 Å². The number of alkyl halides is 1. The number of phosphoric acid groups is 3. The molecule has 0 saturated carbocycles. The van der Waals surface area contributed by atoms with E-state index < -0.39 is 60.4 Å². The number of aliphatic hydroxyl groups excluding tert-OH is 2. The second-order valence-corrected chi connectivity index (χ2v) is 11.8. The number of hydrogen-bond donors (Lipinski definition) is 8. The fourth-order valence-electron chi connectivity index (χ4n) is 2.69. The van der Waals surface area contributed by atoms with E-state index in [2.05, 4.69) is 34.7 Å². The number of nitrogen functional groups attached to an aromatic ring is 1. The summed E-state index contributed by atoms with van der Waals surface area (Å²) in [5, 5.41) is 19.3. The van der Waals surface area contributed by atoms with E-state index in [1.807, 2.05) is 0 Å². The van der Waals surface area contributed by atoms with Crippen LogP contribution >= 0.6 is 23.5 Å². The van der Waals surface area contributed by atoms with Crippen LogP contribution in [-0.4, -0.2) is 74.5 Å². The van der Waals surface area contributed by atoms with Crippen LogP contribution in [0.2, 0.25) is 0 Å². The van der Waals surface area contributed by atoms with Gasteiger partial charge in [0.15, 0.2) is 11.2 Å². The van der Waals surface area contributed by atoms with Crippen molar-refractivity contribution in [1.29, 1.82) is 0 Å². The van der Waals surface area contributed by atoms with Gasteiger partial charge in [-0.05, 0) is 6.92 Å². The lowest BCUT2D eigenvalue weighted by molar-refractivity contribution is -0.266. The molecule has 5 atom stereocenters. The largest absolute Gasteiger partial charge is 0.490 e. The number of rotatable bonds is 14. The van der Waals surface area contributed by atoms with Crippen molar-refractivity contribution >= 4 is 40.6 Å². The fourth-order valence-corrected chi connectivity index (χ4v) is 5.73. The van der Waals surface area contributed by atoms with Gasteiger partial charge in [0.05, 0.1) is 12.9 Å². The highest BCUT2D eigenvalue weighted by atomic mass is 31.3. The van der Waals surface area contributed by atoms with Gasteiger partial charge >= 0.3 is 23.5 Å². The topological polar surface area (TPSA) is 299 Å². The SMILES string of the molecule is C=C(C)C[C@@H](O[C@](F)(COP(=O)(O)OP(=O)(O)OP(=O)(O)O)[C@@H](O)CO)n1cnc2c(=O)[nH]c(N)nc21. The van der Waals surface area contributed by atoms with Gasteiger partial charge in [0.25, 0.3) is 11.4 Å². The summed E-state index contributed by atoms with van der Waals surface area (Å²) >= 11 is 0. The Hall–Kier alpha value is -1.89. The Kier molecular flexibility index (Phi) is 9.71. The number of anilines is 1. The van der Waals surface area contributed by atoms with E-state index in [1.54, 1.807) is 0 Å². The molecule has 2 aromatic heterocycles. The van der Waals surface area contributed by atoms with E-state index in [-0.39, 0.29) is 23.5 Å². The number of phosphoric ester groups is 1. The number of hydrogen-bond acceptors (Lipinski definition) is 13. The maximum absolute atomic E-state index is 15.8. The van der Waals surface area contributed by atoms with E-state index in [4.69, 9.17) is 20.3 Å². The van der Waals surface area contributed by atoms with Crippen LogP contribution in [0.25, 0.3) is 11.2 Å². The Balaban J connectivity index is 2.39. The Bertz CT molecular complexity index is 1340. The first-order valence-electron chi connectivity index (χ1n) is 9.58.